The van der Waals surface area contributed by atoms with Crippen molar-refractivity contribution >= 4 is 22.0 Å². The molecule has 0 bridgehead atoms. The molecule has 0 heterocycles. The number of benzene rings is 3. The molecule has 0 saturated carbocycles. The Morgan fingerprint density at radius 2 is 1.33 bits per heavy atom. The van der Waals surface area contributed by atoms with Crippen LogP contribution in [0.3, 0.4) is 0 Å². The SMILES string of the molecule is C\C1=C/C=C\C=C\c2ccc(Br)cc2C1(c1ccccc1)c1ccccc1. The number of hydrogen-bond donors (Lipinski definition) is 0. The fraction of sp³-hybridized carbons (Fsp3) is 0.0769. The van der Waals surface area contributed by atoms with E-state index in [4.69, 9.17) is 0 Å². The predicted octanol–water partition coefficient (Wildman–Crippen LogP) is 7.31. The van der Waals surface area contributed by atoms with E-state index in [1.165, 1.54) is 27.8 Å². The first-order chi connectivity index (χ1) is 13.2. The molecule has 0 aromatic heterocycles. The molecule has 3 aromatic rings. The highest BCUT2D eigenvalue weighted by molar-refractivity contribution is 9.10. The third-order valence-corrected chi connectivity index (χ3v) is 5.76. The molecule has 3 aromatic carbocycles. The lowest BCUT2D eigenvalue weighted by atomic mass is 9.64. The Hall–Kier alpha value is -2.64. The maximum absolute atomic E-state index is 3.71. The van der Waals surface area contributed by atoms with Crippen molar-refractivity contribution in [3.8, 4) is 0 Å². The smallest absolute Gasteiger partial charge is 0.0623 e. The average molecular weight is 413 g/mol. The van der Waals surface area contributed by atoms with E-state index in [9.17, 15) is 0 Å². The molecular formula is C26H21Br. The van der Waals surface area contributed by atoms with E-state index >= 15 is 0 Å². The van der Waals surface area contributed by atoms with Crippen LogP contribution in [0.2, 0.25) is 0 Å². The minimum Gasteiger partial charge on any atom is -0.0623 e. The molecule has 0 unspecified atom stereocenters. The molecule has 0 spiro atoms. The molecule has 1 aliphatic carbocycles. The minimum absolute atomic E-state index is 0.360. The molecule has 1 aliphatic rings. The van der Waals surface area contributed by atoms with Gasteiger partial charge in [0.2, 0.25) is 0 Å². The highest BCUT2D eigenvalue weighted by Gasteiger charge is 2.39. The van der Waals surface area contributed by atoms with Crippen LogP contribution in [-0.2, 0) is 5.41 Å². The third-order valence-electron chi connectivity index (χ3n) is 5.27. The Bertz CT molecular complexity index is 985. The van der Waals surface area contributed by atoms with Gasteiger partial charge in [-0.15, -0.1) is 0 Å². The summed E-state index contributed by atoms with van der Waals surface area (Å²) in [7, 11) is 0. The molecule has 132 valence electrons. The Morgan fingerprint density at radius 3 is 1.96 bits per heavy atom. The molecular weight excluding hydrogens is 392 g/mol. The highest BCUT2D eigenvalue weighted by Crippen LogP contribution is 2.47. The highest BCUT2D eigenvalue weighted by atomic mass is 79.9. The van der Waals surface area contributed by atoms with Crippen molar-refractivity contribution in [2.75, 3.05) is 0 Å². The van der Waals surface area contributed by atoms with Gasteiger partial charge in [-0.05, 0) is 41.3 Å². The van der Waals surface area contributed by atoms with Gasteiger partial charge in [-0.1, -0.05) is 119 Å². The monoisotopic (exact) mass is 412 g/mol. The first-order valence-electron chi connectivity index (χ1n) is 9.16. The summed E-state index contributed by atoms with van der Waals surface area (Å²) in [6.45, 7) is 2.24. The molecule has 1 heteroatoms. The summed E-state index contributed by atoms with van der Waals surface area (Å²) in [4.78, 5) is 0. The second kappa shape index (κ2) is 7.54. The summed E-state index contributed by atoms with van der Waals surface area (Å²) < 4.78 is 1.09. The molecule has 27 heavy (non-hydrogen) atoms. The van der Waals surface area contributed by atoms with E-state index < -0.39 is 0 Å². The van der Waals surface area contributed by atoms with Crippen LogP contribution >= 0.6 is 15.9 Å². The van der Waals surface area contributed by atoms with Gasteiger partial charge in [-0.3, -0.25) is 0 Å². The number of rotatable bonds is 2. The first-order valence-corrected chi connectivity index (χ1v) is 9.95. The van der Waals surface area contributed by atoms with Gasteiger partial charge in [0.05, 0.1) is 5.41 Å². The Balaban J connectivity index is 2.19. The van der Waals surface area contributed by atoms with Crippen molar-refractivity contribution < 1.29 is 0 Å². The van der Waals surface area contributed by atoms with Crippen molar-refractivity contribution in [1.29, 1.82) is 0 Å². The lowest BCUT2D eigenvalue weighted by Crippen LogP contribution is -2.31. The quantitative estimate of drug-likeness (QED) is 0.413. The largest absolute Gasteiger partial charge is 0.0668 e. The van der Waals surface area contributed by atoms with Crippen LogP contribution in [-0.4, -0.2) is 0 Å². The summed E-state index contributed by atoms with van der Waals surface area (Å²) in [5, 5.41) is 0. The zero-order valence-electron chi connectivity index (χ0n) is 15.3. The van der Waals surface area contributed by atoms with Gasteiger partial charge in [0.15, 0.2) is 0 Å². The van der Waals surface area contributed by atoms with Crippen molar-refractivity contribution in [1.82, 2.24) is 0 Å². The summed E-state index contributed by atoms with van der Waals surface area (Å²) >= 11 is 3.71. The van der Waals surface area contributed by atoms with Crippen molar-refractivity contribution in [3.05, 3.63) is 135 Å². The van der Waals surface area contributed by atoms with E-state index in [2.05, 4.69) is 132 Å². The number of allylic oxidation sites excluding steroid dienone is 5. The van der Waals surface area contributed by atoms with Crippen molar-refractivity contribution in [3.63, 3.8) is 0 Å². The van der Waals surface area contributed by atoms with Crippen molar-refractivity contribution in [2.45, 2.75) is 12.3 Å². The Morgan fingerprint density at radius 1 is 0.704 bits per heavy atom. The number of hydrogen-bond acceptors (Lipinski definition) is 0. The van der Waals surface area contributed by atoms with Crippen LogP contribution < -0.4 is 0 Å². The fourth-order valence-corrected chi connectivity index (χ4v) is 4.43. The van der Waals surface area contributed by atoms with E-state index in [1.54, 1.807) is 0 Å². The third kappa shape index (κ3) is 3.13. The van der Waals surface area contributed by atoms with Crippen LogP contribution in [0.15, 0.2) is 113 Å². The van der Waals surface area contributed by atoms with E-state index in [0.717, 1.165) is 4.47 Å². The maximum Gasteiger partial charge on any atom is 0.0668 e. The summed E-state index contributed by atoms with van der Waals surface area (Å²) in [5.74, 6) is 0. The van der Waals surface area contributed by atoms with E-state index in [-0.39, 0.29) is 5.41 Å². The maximum atomic E-state index is 3.71. The van der Waals surface area contributed by atoms with E-state index in [0.29, 0.717) is 0 Å². The molecule has 0 saturated heterocycles. The van der Waals surface area contributed by atoms with Crippen LogP contribution in [0.1, 0.15) is 29.2 Å². The first kappa shape index (κ1) is 17.8. The molecule has 0 fully saturated rings. The van der Waals surface area contributed by atoms with Gasteiger partial charge in [0.1, 0.15) is 0 Å². The molecule has 4 rings (SSSR count). The molecule has 0 atom stereocenters. The molecule has 0 N–H and O–H groups in total. The molecule has 0 nitrogen and oxygen atoms in total. The van der Waals surface area contributed by atoms with Gasteiger partial charge >= 0.3 is 0 Å². The normalized spacial score (nSPS) is 19.6. The standard InChI is InChI=1S/C26H21Br/c1-20-11-5-2-6-12-21-17-18-24(27)19-25(21)26(20,22-13-7-3-8-14-22)23-15-9-4-10-16-23/h2-19H,1H3/b5-2-,12-6+,20-11+. The summed E-state index contributed by atoms with van der Waals surface area (Å²) in [6.07, 6.45) is 10.8. The second-order valence-corrected chi connectivity index (χ2v) is 7.72. The van der Waals surface area contributed by atoms with Crippen LogP contribution in [0.4, 0.5) is 0 Å². The van der Waals surface area contributed by atoms with Crippen LogP contribution in [0, 0.1) is 0 Å². The number of fused-ring (bicyclic) bond motifs is 1. The lowest BCUT2D eigenvalue weighted by Gasteiger charge is -2.38. The molecule has 0 radical (unpaired) electrons. The molecule has 0 amide bonds. The Kier molecular flexibility index (Phi) is 4.96. The van der Waals surface area contributed by atoms with Gasteiger partial charge < -0.3 is 0 Å². The topological polar surface area (TPSA) is 0 Å². The zero-order chi connectivity index (χ0) is 18.7. The van der Waals surface area contributed by atoms with Gasteiger partial charge in [0.25, 0.3) is 0 Å². The van der Waals surface area contributed by atoms with Gasteiger partial charge in [-0.2, -0.15) is 0 Å². The average Bonchev–Trinajstić information content (AvgIpc) is 2.77. The molecule has 0 aliphatic heterocycles. The zero-order valence-corrected chi connectivity index (χ0v) is 16.9. The number of halogens is 1. The fourth-order valence-electron chi connectivity index (χ4n) is 4.07. The van der Waals surface area contributed by atoms with Crippen LogP contribution in [0.5, 0.6) is 0 Å². The summed E-state index contributed by atoms with van der Waals surface area (Å²) in [6, 6.07) is 28.2. The Labute approximate surface area is 169 Å². The minimum atomic E-state index is -0.360. The lowest BCUT2D eigenvalue weighted by molar-refractivity contribution is 0.722. The predicted molar refractivity (Wildman–Crippen MR) is 119 cm³/mol. The van der Waals surface area contributed by atoms with Crippen molar-refractivity contribution in [2.24, 2.45) is 0 Å². The van der Waals surface area contributed by atoms with Crippen LogP contribution in [0.25, 0.3) is 6.08 Å². The van der Waals surface area contributed by atoms with E-state index in [1.807, 2.05) is 0 Å². The second-order valence-electron chi connectivity index (χ2n) is 6.81. The summed E-state index contributed by atoms with van der Waals surface area (Å²) in [5.41, 5.74) is 5.98. The van der Waals surface area contributed by atoms with Gasteiger partial charge in [0, 0.05) is 4.47 Å². The van der Waals surface area contributed by atoms with Gasteiger partial charge in [-0.25, -0.2) is 0 Å².